The molecule has 1 heterocycles. The van der Waals surface area contributed by atoms with Crippen LogP contribution in [0.3, 0.4) is 0 Å². The maximum absolute atomic E-state index is 5.44. The van der Waals surface area contributed by atoms with E-state index >= 15 is 0 Å². The van der Waals surface area contributed by atoms with E-state index in [1.54, 1.807) is 0 Å². The number of para-hydroxylation sites is 1. The van der Waals surface area contributed by atoms with Gasteiger partial charge in [0, 0.05) is 24.4 Å². The summed E-state index contributed by atoms with van der Waals surface area (Å²) >= 11 is 5.44. The molecule has 0 saturated carbocycles. The van der Waals surface area contributed by atoms with Gasteiger partial charge in [-0.05, 0) is 27.8 Å². The average Bonchev–Trinajstić information content (AvgIpc) is 2.51. The normalized spacial score (nSPS) is 11.8. The van der Waals surface area contributed by atoms with Crippen LogP contribution in [0.5, 0.6) is 0 Å². The molecule has 2 nitrogen and oxygen atoms in total. The molecule has 0 fully saturated rings. The molecule has 0 aliphatic heterocycles. The topological polar surface area (TPSA) is 16.2 Å². The van der Waals surface area contributed by atoms with E-state index in [1.807, 2.05) is 54.1 Å². The van der Waals surface area contributed by atoms with Crippen molar-refractivity contribution < 1.29 is 4.68 Å². The fraction of sp³-hybridized carbons (Fsp3) is 0.0588. The Bertz CT molecular complexity index is 779. The van der Waals surface area contributed by atoms with Gasteiger partial charge in [0.15, 0.2) is 0 Å². The molecule has 0 saturated heterocycles. The highest BCUT2D eigenvalue weighted by Crippen LogP contribution is 2.10. The highest BCUT2D eigenvalue weighted by atomic mass is 32.1. The second-order valence-corrected chi connectivity index (χ2v) is 5.00. The zero-order valence-electron chi connectivity index (χ0n) is 11.2. The fourth-order valence-electron chi connectivity index (χ4n) is 2.15. The summed E-state index contributed by atoms with van der Waals surface area (Å²) in [4.78, 5) is 0. The summed E-state index contributed by atoms with van der Waals surface area (Å²) in [5, 5.41) is 6.35. The third-order valence-electron chi connectivity index (χ3n) is 3.21. The minimum atomic E-state index is 0.593. The van der Waals surface area contributed by atoms with Crippen LogP contribution in [0.25, 0.3) is 10.9 Å². The van der Waals surface area contributed by atoms with Crippen LogP contribution in [0, 0.1) is 6.92 Å². The van der Waals surface area contributed by atoms with E-state index in [4.69, 9.17) is 12.6 Å². The standard InChI is InChI=1S/C17H14N2S/c1-13-11-12-14-7-5-6-10-16(14)19(13)18-17(20)15-8-3-2-4-9-15/h2-12H,1H3. The van der Waals surface area contributed by atoms with Gasteiger partial charge in [0.1, 0.15) is 0 Å². The predicted octanol–water partition coefficient (Wildman–Crippen LogP) is 3.19. The molecule has 3 rings (SSSR count). The van der Waals surface area contributed by atoms with Crippen molar-refractivity contribution >= 4 is 28.6 Å². The van der Waals surface area contributed by atoms with Crippen LogP contribution < -0.4 is 4.68 Å². The number of aromatic nitrogens is 1. The summed E-state index contributed by atoms with van der Waals surface area (Å²) in [7, 11) is 0. The first-order valence-corrected chi connectivity index (χ1v) is 6.88. The van der Waals surface area contributed by atoms with Crippen molar-refractivity contribution in [1.82, 2.24) is 0 Å². The fourth-order valence-corrected chi connectivity index (χ4v) is 2.37. The number of rotatable bonds is 2. The molecule has 2 aromatic carbocycles. The summed E-state index contributed by atoms with van der Waals surface area (Å²) < 4.78 is 1.91. The van der Waals surface area contributed by atoms with Crippen LogP contribution in [-0.4, -0.2) is 5.04 Å². The summed E-state index contributed by atoms with van der Waals surface area (Å²) in [6.45, 7) is 2.03. The molecule has 0 aliphatic rings. The van der Waals surface area contributed by atoms with Crippen LogP contribution >= 0.6 is 0 Å². The van der Waals surface area contributed by atoms with Crippen molar-refractivity contribution in [2.75, 3.05) is 0 Å². The first-order chi connectivity index (χ1) is 9.75. The minimum absolute atomic E-state index is 0.593. The maximum atomic E-state index is 5.44. The molecular formula is C17H14N2S. The Morgan fingerprint density at radius 3 is 2.40 bits per heavy atom. The first kappa shape index (κ1) is 12.8. The SMILES string of the molecule is Cc1ccc2ccccc2[n+]1/N=C(\[S-])c1ccccc1. The lowest BCUT2D eigenvalue weighted by Gasteiger charge is -2.08. The van der Waals surface area contributed by atoms with Gasteiger partial charge >= 0.3 is 0 Å². The molecule has 0 amide bonds. The van der Waals surface area contributed by atoms with Crippen molar-refractivity contribution in [3.05, 3.63) is 78.0 Å². The van der Waals surface area contributed by atoms with E-state index in [0.29, 0.717) is 5.04 Å². The lowest BCUT2D eigenvalue weighted by molar-refractivity contribution is -0.658. The predicted molar refractivity (Wildman–Crippen MR) is 84.6 cm³/mol. The Kier molecular flexibility index (Phi) is 3.44. The molecule has 3 aromatic rings. The third kappa shape index (κ3) is 2.40. The van der Waals surface area contributed by atoms with Gasteiger partial charge in [-0.2, -0.15) is 0 Å². The summed E-state index contributed by atoms with van der Waals surface area (Å²) in [5.74, 6) is 0. The number of aryl methyl sites for hydroxylation is 1. The molecule has 0 unspecified atom stereocenters. The average molecular weight is 278 g/mol. The molecule has 3 heteroatoms. The molecule has 20 heavy (non-hydrogen) atoms. The van der Waals surface area contributed by atoms with Crippen LogP contribution in [0.2, 0.25) is 0 Å². The van der Waals surface area contributed by atoms with Gasteiger partial charge in [-0.25, -0.2) is 0 Å². The van der Waals surface area contributed by atoms with E-state index in [0.717, 1.165) is 22.2 Å². The molecule has 0 bridgehead atoms. The number of pyridine rings is 1. The van der Waals surface area contributed by atoms with Gasteiger partial charge < -0.3 is 12.6 Å². The lowest BCUT2D eigenvalue weighted by Crippen LogP contribution is -2.33. The van der Waals surface area contributed by atoms with Crippen molar-refractivity contribution in [2.24, 2.45) is 5.10 Å². The largest absolute Gasteiger partial charge is 0.754 e. The highest BCUT2D eigenvalue weighted by molar-refractivity contribution is 7.78. The van der Waals surface area contributed by atoms with E-state index in [9.17, 15) is 0 Å². The second kappa shape index (κ2) is 5.39. The molecule has 0 atom stereocenters. The first-order valence-electron chi connectivity index (χ1n) is 6.47. The number of fused-ring (bicyclic) bond motifs is 1. The Hall–Kier alpha value is -2.26. The Labute approximate surface area is 123 Å². The van der Waals surface area contributed by atoms with Crippen molar-refractivity contribution in [3.63, 3.8) is 0 Å². The Balaban J connectivity index is 2.17. The van der Waals surface area contributed by atoms with Gasteiger partial charge in [0.2, 0.25) is 11.2 Å². The number of hydrogen-bond acceptors (Lipinski definition) is 2. The molecule has 0 radical (unpaired) electrons. The van der Waals surface area contributed by atoms with Crippen molar-refractivity contribution in [2.45, 2.75) is 6.92 Å². The summed E-state index contributed by atoms with van der Waals surface area (Å²) in [6.07, 6.45) is 0. The van der Waals surface area contributed by atoms with Crippen LogP contribution in [0.15, 0.2) is 71.8 Å². The van der Waals surface area contributed by atoms with Crippen LogP contribution in [0.4, 0.5) is 0 Å². The van der Waals surface area contributed by atoms with Crippen molar-refractivity contribution in [1.29, 1.82) is 0 Å². The number of hydrogen-bond donors (Lipinski definition) is 0. The van der Waals surface area contributed by atoms with Gasteiger partial charge in [-0.15, -0.1) is 0 Å². The minimum Gasteiger partial charge on any atom is -0.754 e. The quantitative estimate of drug-likeness (QED) is 0.304. The van der Waals surface area contributed by atoms with Gasteiger partial charge in [0.05, 0.1) is 0 Å². The van der Waals surface area contributed by atoms with Gasteiger partial charge in [0.25, 0.3) is 0 Å². The van der Waals surface area contributed by atoms with E-state index in [-0.39, 0.29) is 0 Å². The van der Waals surface area contributed by atoms with Crippen LogP contribution in [-0.2, 0) is 12.6 Å². The van der Waals surface area contributed by atoms with E-state index < -0.39 is 0 Å². The molecular weight excluding hydrogens is 264 g/mol. The zero-order valence-corrected chi connectivity index (χ0v) is 12.0. The van der Waals surface area contributed by atoms with Crippen LogP contribution in [0.1, 0.15) is 11.3 Å². The third-order valence-corrected chi connectivity index (χ3v) is 3.53. The molecule has 0 N–H and O–H groups in total. The van der Waals surface area contributed by atoms with E-state index in [1.165, 1.54) is 0 Å². The number of benzene rings is 2. The molecule has 0 aliphatic carbocycles. The Morgan fingerprint density at radius 2 is 1.60 bits per heavy atom. The molecule has 98 valence electrons. The highest BCUT2D eigenvalue weighted by Gasteiger charge is 2.11. The smallest absolute Gasteiger partial charge is 0.245 e. The lowest BCUT2D eigenvalue weighted by atomic mass is 10.2. The number of nitrogens with zero attached hydrogens (tertiary/aromatic N) is 2. The second-order valence-electron chi connectivity index (χ2n) is 4.62. The zero-order chi connectivity index (χ0) is 13.9. The molecule has 1 aromatic heterocycles. The van der Waals surface area contributed by atoms with Gasteiger partial charge in [-0.1, -0.05) is 47.1 Å². The summed E-state index contributed by atoms with van der Waals surface area (Å²) in [6, 6.07) is 22.2. The summed E-state index contributed by atoms with van der Waals surface area (Å²) in [5.41, 5.74) is 3.08. The van der Waals surface area contributed by atoms with Crippen molar-refractivity contribution in [3.8, 4) is 0 Å². The molecule has 0 spiro atoms. The van der Waals surface area contributed by atoms with Gasteiger partial charge in [-0.3, -0.25) is 0 Å². The van der Waals surface area contributed by atoms with E-state index in [2.05, 4.69) is 29.4 Å². The monoisotopic (exact) mass is 278 g/mol. The maximum Gasteiger partial charge on any atom is 0.245 e. The Morgan fingerprint density at radius 1 is 0.900 bits per heavy atom.